The highest BCUT2D eigenvalue weighted by Crippen LogP contribution is 2.28. The van der Waals surface area contributed by atoms with Crippen LogP contribution in [0.4, 0.5) is 5.69 Å². The minimum Gasteiger partial charge on any atom is -0.272 e. The van der Waals surface area contributed by atoms with Gasteiger partial charge in [0.2, 0.25) is 0 Å². The Morgan fingerprint density at radius 1 is 1.09 bits per heavy atom. The summed E-state index contributed by atoms with van der Waals surface area (Å²) in [5.41, 5.74) is 5.28. The zero-order valence-corrected chi connectivity index (χ0v) is 19.9. The number of pyridine rings is 1. The van der Waals surface area contributed by atoms with Gasteiger partial charge in [-0.25, -0.2) is 5.43 Å². The lowest BCUT2D eigenvalue weighted by Gasteiger charge is -2.10. The third-order valence-corrected chi connectivity index (χ3v) is 6.01. The number of thioether (sulfide) groups is 1. The Balaban J connectivity index is 1.48. The van der Waals surface area contributed by atoms with Crippen LogP contribution in [0.25, 0.3) is 17.1 Å². The molecule has 2 heterocycles. The second-order valence-electron chi connectivity index (χ2n) is 7.18. The van der Waals surface area contributed by atoms with Crippen LogP contribution in [-0.4, -0.2) is 42.0 Å². The number of hydrogen-bond donors (Lipinski definition) is 1. The first-order chi connectivity index (χ1) is 16.9. The molecule has 0 aliphatic rings. The number of nitro groups is 1. The van der Waals surface area contributed by atoms with E-state index in [-0.39, 0.29) is 17.3 Å². The minimum absolute atomic E-state index is 0.0158. The number of halogens is 1. The smallest absolute Gasteiger partial charge is 0.269 e. The summed E-state index contributed by atoms with van der Waals surface area (Å²) in [6.07, 6.45) is 3.34. The van der Waals surface area contributed by atoms with Gasteiger partial charge in [-0.3, -0.25) is 24.5 Å². The van der Waals surface area contributed by atoms with E-state index in [1.807, 2.05) is 28.8 Å². The van der Waals surface area contributed by atoms with Crippen LogP contribution < -0.4 is 5.43 Å². The molecule has 2 aromatic carbocycles. The molecule has 0 fully saturated rings. The molecule has 1 amide bonds. The maximum Gasteiger partial charge on any atom is 0.269 e. The van der Waals surface area contributed by atoms with Crippen LogP contribution in [0.1, 0.15) is 12.5 Å². The van der Waals surface area contributed by atoms with Crippen LogP contribution in [0, 0.1) is 10.1 Å². The number of hydrazone groups is 1. The highest BCUT2D eigenvalue weighted by Gasteiger charge is 2.17. The third kappa shape index (κ3) is 5.89. The van der Waals surface area contributed by atoms with Crippen LogP contribution in [0.5, 0.6) is 0 Å². The standard InChI is InChI=1S/C23H18ClN7O3S/c1-15(16-2-6-20(7-3-16)31(33)34)26-27-21(32)14-35-23-29-28-22(17-10-12-25-13-11-17)30(23)19-8-4-18(24)5-9-19/h2-13H,14H2,1H3,(H,27,32)/b26-15+. The summed E-state index contributed by atoms with van der Waals surface area (Å²) in [4.78, 5) is 26.8. The van der Waals surface area contributed by atoms with E-state index in [9.17, 15) is 14.9 Å². The largest absolute Gasteiger partial charge is 0.272 e. The van der Waals surface area contributed by atoms with E-state index in [1.165, 1.54) is 23.9 Å². The Morgan fingerprint density at radius 2 is 1.77 bits per heavy atom. The van der Waals surface area contributed by atoms with Crippen molar-refractivity contribution in [3.05, 3.63) is 93.8 Å². The normalized spacial score (nSPS) is 11.3. The topological polar surface area (TPSA) is 128 Å². The lowest BCUT2D eigenvalue weighted by atomic mass is 10.1. The fourth-order valence-corrected chi connectivity index (χ4v) is 3.94. The number of nitrogens with one attached hydrogen (secondary N) is 1. The predicted octanol–water partition coefficient (Wildman–Crippen LogP) is 4.52. The van der Waals surface area contributed by atoms with Crippen molar-refractivity contribution in [1.29, 1.82) is 0 Å². The first-order valence-corrected chi connectivity index (χ1v) is 11.6. The molecule has 12 heteroatoms. The second-order valence-corrected chi connectivity index (χ2v) is 8.56. The molecular weight excluding hydrogens is 490 g/mol. The van der Waals surface area contributed by atoms with Gasteiger partial charge in [0.15, 0.2) is 11.0 Å². The summed E-state index contributed by atoms with van der Waals surface area (Å²) in [5, 5.41) is 24.6. The highest BCUT2D eigenvalue weighted by molar-refractivity contribution is 7.99. The Bertz CT molecular complexity index is 1370. The zero-order valence-electron chi connectivity index (χ0n) is 18.3. The van der Waals surface area contributed by atoms with Gasteiger partial charge in [-0.15, -0.1) is 10.2 Å². The van der Waals surface area contributed by atoms with Gasteiger partial charge in [0.25, 0.3) is 11.6 Å². The van der Waals surface area contributed by atoms with Crippen LogP contribution in [-0.2, 0) is 4.79 Å². The molecule has 176 valence electrons. The summed E-state index contributed by atoms with van der Waals surface area (Å²) >= 11 is 7.26. The van der Waals surface area contributed by atoms with Crippen molar-refractivity contribution in [1.82, 2.24) is 25.2 Å². The lowest BCUT2D eigenvalue weighted by molar-refractivity contribution is -0.384. The maximum absolute atomic E-state index is 12.5. The molecule has 0 saturated heterocycles. The number of amides is 1. The fraction of sp³-hybridized carbons (Fsp3) is 0.0870. The first kappa shape index (κ1) is 24.0. The highest BCUT2D eigenvalue weighted by atomic mass is 35.5. The molecule has 35 heavy (non-hydrogen) atoms. The first-order valence-electron chi connectivity index (χ1n) is 10.2. The van der Waals surface area contributed by atoms with E-state index in [1.54, 1.807) is 43.6 Å². The van der Waals surface area contributed by atoms with E-state index >= 15 is 0 Å². The molecule has 0 aliphatic heterocycles. The summed E-state index contributed by atoms with van der Waals surface area (Å²) in [6.45, 7) is 1.70. The number of aromatic nitrogens is 4. The summed E-state index contributed by atoms with van der Waals surface area (Å²) in [7, 11) is 0. The predicted molar refractivity (Wildman–Crippen MR) is 134 cm³/mol. The molecule has 0 spiro atoms. The molecule has 10 nitrogen and oxygen atoms in total. The number of carbonyl (C=O) groups is 1. The minimum atomic E-state index is -0.474. The number of nitro benzene ring substituents is 1. The molecule has 0 bridgehead atoms. The lowest BCUT2D eigenvalue weighted by Crippen LogP contribution is -2.21. The molecule has 4 rings (SSSR count). The van der Waals surface area contributed by atoms with E-state index in [0.29, 0.717) is 27.3 Å². The van der Waals surface area contributed by atoms with Crippen molar-refractivity contribution in [3.8, 4) is 17.1 Å². The SMILES string of the molecule is C/C(=N\NC(=O)CSc1nnc(-c2ccncc2)n1-c1ccc(Cl)cc1)c1ccc([N+](=O)[O-])cc1. The molecule has 1 N–H and O–H groups in total. The Labute approximate surface area is 209 Å². The average molecular weight is 508 g/mol. The van der Waals surface area contributed by atoms with E-state index in [4.69, 9.17) is 11.6 Å². The molecule has 0 atom stereocenters. The van der Waals surface area contributed by atoms with Crippen molar-refractivity contribution in [2.75, 3.05) is 5.75 Å². The molecule has 0 aliphatic carbocycles. The quantitative estimate of drug-likeness (QED) is 0.160. The number of nitrogens with zero attached hydrogens (tertiary/aromatic N) is 6. The second kappa shape index (κ2) is 10.9. The van der Waals surface area contributed by atoms with Crippen molar-refractivity contribution < 1.29 is 9.72 Å². The number of non-ortho nitro benzene ring substituents is 1. The van der Waals surface area contributed by atoms with Gasteiger partial charge in [-0.1, -0.05) is 23.4 Å². The van der Waals surface area contributed by atoms with Crippen LogP contribution in [0.3, 0.4) is 0 Å². The monoisotopic (exact) mass is 507 g/mol. The Hall–Kier alpha value is -4.09. The molecule has 4 aromatic rings. The molecule has 0 radical (unpaired) electrons. The molecule has 0 unspecified atom stereocenters. The number of benzene rings is 2. The van der Waals surface area contributed by atoms with Crippen LogP contribution >= 0.6 is 23.4 Å². The van der Waals surface area contributed by atoms with E-state index in [0.717, 1.165) is 11.3 Å². The summed E-state index contributed by atoms with van der Waals surface area (Å²) < 4.78 is 1.84. The number of rotatable bonds is 8. The van der Waals surface area contributed by atoms with Crippen molar-refractivity contribution >= 4 is 40.7 Å². The Morgan fingerprint density at radius 3 is 2.43 bits per heavy atom. The van der Waals surface area contributed by atoms with Gasteiger partial charge in [0, 0.05) is 40.8 Å². The van der Waals surface area contributed by atoms with Gasteiger partial charge >= 0.3 is 0 Å². The van der Waals surface area contributed by atoms with E-state index < -0.39 is 4.92 Å². The molecule has 2 aromatic heterocycles. The zero-order chi connectivity index (χ0) is 24.8. The van der Waals surface area contributed by atoms with Gasteiger partial charge in [0.1, 0.15) is 0 Å². The van der Waals surface area contributed by atoms with Crippen LogP contribution in [0.2, 0.25) is 5.02 Å². The third-order valence-electron chi connectivity index (χ3n) is 4.83. The van der Waals surface area contributed by atoms with Crippen molar-refractivity contribution in [2.24, 2.45) is 5.10 Å². The maximum atomic E-state index is 12.5. The van der Waals surface area contributed by atoms with Crippen LogP contribution in [0.15, 0.2) is 83.3 Å². The number of carbonyl (C=O) groups excluding carboxylic acids is 1. The summed E-state index contributed by atoms with van der Waals surface area (Å²) in [6, 6.07) is 16.8. The van der Waals surface area contributed by atoms with Gasteiger partial charge in [-0.05, 0) is 61.0 Å². The van der Waals surface area contributed by atoms with Crippen molar-refractivity contribution in [3.63, 3.8) is 0 Å². The van der Waals surface area contributed by atoms with E-state index in [2.05, 4.69) is 25.7 Å². The summed E-state index contributed by atoms with van der Waals surface area (Å²) in [5.74, 6) is 0.302. The fourth-order valence-electron chi connectivity index (χ4n) is 3.07. The van der Waals surface area contributed by atoms with Gasteiger partial charge in [-0.2, -0.15) is 5.10 Å². The van der Waals surface area contributed by atoms with Gasteiger partial charge in [0.05, 0.1) is 16.4 Å². The average Bonchev–Trinajstić information content (AvgIpc) is 3.31. The van der Waals surface area contributed by atoms with Gasteiger partial charge < -0.3 is 0 Å². The number of hydrogen-bond acceptors (Lipinski definition) is 8. The van der Waals surface area contributed by atoms with Crippen molar-refractivity contribution in [2.45, 2.75) is 12.1 Å². The Kier molecular flexibility index (Phi) is 7.48. The molecular formula is C23H18ClN7O3S. The molecule has 0 saturated carbocycles.